The van der Waals surface area contributed by atoms with Gasteiger partial charge in [-0.15, -0.1) is 0 Å². The third kappa shape index (κ3) is 2.47. The summed E-state index contributed by atoms with van der Waals surface area (Å²) in [6.45, 7) is 6.02. The third-order valence-corrected chi connectivity index (χ3v) is 3.20. The SMILES string of the molecule is CCOC(=O)C1(C)CCC(C)(O)CC1. The minimum absolute atomic E-state index is 0.115. The summed E-state index contributed by atoms with van der Waals surface area (Å²) >= 11 is 0. The molecule has 14 heavy (non-hydrogen) atoms. The lowest BCUT2D eigenvalue weighted by Gasteiger charge is -2.38. The molecule has 0 aromatic carbocycles. The first-order valence-electron chi connectivity index (χ1n) is 5.29. The number of hydrogen-bond donors (Lipinski definition) is 1. The van der Waals surface area contributed by atoms with Crippen LogP contribution in [0.15, 0.2) is 0 Å². The molecular formula is C11H20O3. The zero-order valence-corrected chi connectivity index (χ0v) is 9.30. The molecule has 0 aromatic heterocycles. The molecule has 1 aliphatic carbocycles. The minimum Gasteiger partial charge on any atom is -0.466 e. The van der Waals surface area contributed by atoms with Crippen LogP contribution in [0.2, 0.25) is 0 Å². The van der Waals surface area contributed by atoms with E-state index in [4.69, 9.17) is 4.74 Å². The summed E-state index contributed by atoms with van der Waals surface area (Å²) in [5, 5.41) is 9.77. The Morgan fingerprint density at radius 2 is 1.79 bits per heavy atom. The molecule has 3 nitrogen and oxygen atoms in total. The summed E-state index contributed by atoms with van der Waals surface area (Å²) in [4.78, 5) is 11.6. The van der Waals surface area contributed by atoms with Gasteiger partial charge in [-0.3, -0.25) is 4.79 Å². The second-order valence-electron chi connectivity index (χ2n) is 4.78. The molecule has 1 fully saturated rings. The minimum atomic E-state index is -0.591. The van der Waals surface area contributed by atoms with Gasteiger partial charge in [0.1, 0.15) is 0 Å². The van der Waals surface area contributed by atoms with Gasteiger partial charge in [-0.25, -0.2) is 0 Å². The first-order valence-corrected chi connectivity index (χ1v) is 5.29. The fraction of sp³-hybridized carbons (Fsp3) is 0.909. The number of carbonyl (C=O) groups is 1. The van der Waals surface area contributed by atoms with E-state index < -0.39 is 5.60 Å². The van der Waals surface area contributed by atoms with Crippen molar-refractivity contribution in [2.75, 3.05) is 6.61 Å². The van der Waals surface area contributed by atoms with Crippen molar-refractivity contribution in [3.63, 3.8) is 0 Å². The largest absolute Gasteiger partial charge is 0.466 e. The van der Waals surface area contributed by atoms with Gasteiger partial charge < -0.3 is 9.84 Å². The smallest absolute Gasteiger partial charge is 0.311 e. The van der Waals surface area contributed by atoms with Crippen LogP contribution in [0, 0.1) is 5.41 Å². The van der Waals surface area contributed by atoms with E-state index in [1.165, 1.54) is 0 Å². The van der Waals surface area contributed by atoms with Crippen LogP contribution in [0.25, 0.3) is 0 Å². The van der Waals surface area contributed by atoms with Crippen molar-refractivity contribution in [1.82, 2.24) is 0 Å². The van der Waals surface area contributed by atoms with Crippen LogP contribution < -0.4 is 0 Å². The molecule has 0 bridgehead atoms. The molecule has 0 aromatic rings. The van der Waals surface area contributed by atoms with Crippen LogP contribution in [0.4, 0.5) is 0 Å². The number of ether oxygens (including phenoxy) is 1. The molecule has 1 N–H and O–H groups in total. The normalized spacial score (nSPS) is 38.0. The van der Waals surface area contributed by atoms with E-state index >= 15 is 0 Å². The molecule has 0 spiro atoms. The molecule has 0 radical (unpaired) electrons. The topological polar surface area (TPSA) is 46.5 Å². The third-order valence-electron chi connectivity index (χ3n) is 3.20. The van der Waals surface area contributed by atoms with Gasteiger partial charge in [-0.2, -0.15) is 0 Å². The van der Waals surface area contributed by atoms with E-state index in [0.29, 0.717) is 19.4 Å². The standard InChI is InChI=1S/C11H20O3/c1-4-14-9(12)10(2)5-7-11(3,13)8-6-10/h13H,4-8H2,1-3H3. The van der Waals surface area contributed by atoms with Crippen LogP contribution >= 0.6 is 0 Å². The Morgan fingerprint density at radius 3 is 2.21 bits per heavy atom. The fourth-order valence-corrected chi connectivity index (χ4v) is 1.85. The van der Waals surface area contributed by atoms with Gasteiger partial charge in [0.25, 0.3) is 0 Å². The van der Waals surface area contributed by atoms with E-state index in [9.17, 15) is 9.90 Å². The second-order valence-corrected chi connectivity index (χ2v) is 4.78. The predicted octanol–water partition coefficient (Wildman–Crippen LogP) is 1.88. The Labute approximate surface area is 85.5 Å². The Bertz CT molecular complexity index is 211. The highest BCUT2D eigenvalue weighted by Crippen LogP contribution is 2.41. The maximum atomic E-state index is 11.6. The van der Waals surface area contributed by atoms with E-state index in [1.54, 1.807) is 0 Å². The molecule has 0 unspecified atom stereocenters. The van der Waals surface area contributed by atoms with Gasteiger partial charge >= 0.3 is 5.97 Å². The lowest BCUT2D eigenvalue weighted by atomic mass is 9.70. The van der Waals surface area contributed by atoms with Crippen LogP contribution in [0.3, 0.4) is 0 Å². The van der Waals surface area contributed by atoms with Crippen molar-refractivity contribution in [1.29, 1.82) is 0 Å². The summed E-state index contributed by atoms with van der Waals surface area (Å²) in [5.41, 5.74) is -0.968. The van der Waals surface area contributed by atoms with Crippen molar-refractivity contribution in [3.8, 4) is 0 Å². The zero-order chi connectivity index (χ0) is 10.8. The quantitative estimate of drug-likeness (QED) is 0.692. The van der Waals surface area contributed by atoms with Crippen molar-refractivity contribution in [3.05, 3.63) is 0 Å². The van der Waals surface area contributed by atoms with Gasteiger partial charge in [-0.05, 0) is 46.5 Å². The van der Waals surface area contributed by atoms with Crippen LogP contribution in [-0.2, 0) is 9.53 Å². The van der Waals surface area contributed by atoms with Crippen LogP contribution in [-0.4, -0.2) is 23.3 Å². The van der Waals surface area contributed by atoms with E-state index in [2.05, 4.69) is 0 Å². The number of carbonyl (C=O) groups excluding carboxylic acids is 1. The van der Waals surface area contributed by atoms with E-state index in [0.717, 1.165) is 12.8 Å². The highest BCUT2D eigenvalue weighted by molar-refractivity contribution is 5.76. The first kappa shape index (κ1) is 11.5. The number of aliphatic hydroxyl groups is 1. The Balaban J connectivity index is 2.57. The van der Waals surface area contributed by atoms with Crippen LogP contribution in [0.5, 0.6) is 0 Å². The molecular weight excluding hydrogens is 180 g/mol. The number of hydrogen-bond acceptors (Lipinski definition) is 3. The summed E-state index contributed by atoms with van der Waals surface area (Å²) < 4.78 is 5.03. The summed E-state index contributed by atoms with van der Waals surface area (Å²) in [6.07, 6.45) is 2.81. The molecule has 3 heteroatoms. The average Bonchev–Trinajstić information content (AvgIpc) is 2.11. The van der Waals surface area contributed by atoms with Gasteiger partial charge in [0, 0.05) is 0 Å². The molecule has 0 saturated heterocycles. The molecule has 1 rings (SSSR count). The Morgan fingerprint density at radius 1 is 1.29 bits per heavy atom. The predicted molar refractivity (Wildman–Crippen MR) is 53.8 cm³/mol. The molecule has 1 aliphatic rings. The van der Waals surface area contributed by atoms with Crippen molar-refractivity contribution in [2.45, 2.75) is 52.1 Å². The number of rotatable bonds is 2. The van der Waals surface area contributed by atoms with Crippen molar-refractivity contribution < 1.29 is 14.6 Å². The lowest BCUT2D eigenvalue weighted by Crippen LogP contribution is -2.40. The molecule has 82 valence electrons. The zero-order valence-electron chi connectivity index (χ0n) is 9.30. The Kier molecular flexibility index (Phi) is 3.20. The first-order chi connectivity index (χ1) is 6.40. The van der Waals surface area contributed by atoms with Crippen molar-refractivity contribution in [2.24, 2.45) is 5.41 Å². The molecule has 0 aliphatic heterocycles. The highest BCUT2D eigenvalue weighted by atomic mass is 16.5. The van der Waals surface area contributed by atoms with Crippen molar-refractivity contribution >= 4 is 5.97 Å². The maximum Gasteiger partial charge on any atom is 0.311 e. The van der Waals surface area contributed by atoms with Gasteiger partial charge in [0.15, 0.2) is 0 Å². The van der Waals surface area contributed by atoms with Gasteiger partial charge in [0.2, 0.25) is 0 Å². The molecule has 0 atom stereocenters. The fourth-order valence-electron chi connectivity index (χ4n) is 1.85. The summed E-state index contributed by atoms with van der Waals surface area (Å²) in [5.74, 6) is -0.115. The number of esters is 1. The van der Waals surface area contributed by atoms with E-state index in [1.807, 2.05) is 20.8 Å². The molecule has 0 heterocycles. The second kappa shape index (κ2) is 3.89. The maximum absolute atomic E-state index is 11.6. The highest BCUT2D eigenvalue weighted by Gasteiger charge is 2.42. The molecule has 1 saturated carbocycles. The van der Waals surface area contributed by atoms with Gasteiger partial charge in [0.05, 0.1) is 17.6 Å². The average molecular weight is 200 g/mol. The lowest BCUT2D eigenvalue weighted by molar-refractivity contribution is -0.159. The van der Waals surface area contributed by atoms with E-state index in [-0.39, 0.29) is 11.4 Å². The monoisotopic (exact) mass is 200 g/mol. The summed E-state index contributed by atoms with van der Waals surface area (Å²) in [6, 6.07) is 0. The summed E-state index contributed by atoms with van der Waals surface area (Å²) in [7, 11) is 0. The van der Waals surface area contributed by atoms with Crippen LogP contribution in [0.1, 0.15) is 46.5 Å². The van der Waals surface area contributed by atoms with Gasteiger partial charge in [-0.1, -0.05) is 0 Å². The Hall–Kier alpha value is -0.570. The molecule has 0 amide bonds.